The van der Waals surface area contributed by atoms with Gasteiger partial charge in [-0.25, -0.2) is 0 Å². The van der Waals surface area contributed by atoms with E-state index in [0.29, 0.717) is 6.42 Å². The Kier molecular flexibility index (Phi) is 7.20. The number of nitrogens with zero attached hydrogens (tertiary/aromatic N) is 1. The molecule has 0 radical (unpaired) electrons. The van der Waals surface area contributed by atoms with E-state index >= 15 is 0 Å². The van der Waals surface area contributed by atoms with E-state index in [1.54, 1.807) is 0 Å². The van der Waals surface area contributed by atoms with E-state index in [4.69, 9.17) is 0 Å². The van der Waals surface area contributed by atoms with Crippen molar-refractivity contribution in [2.24, 2.45) is 0 Å². The van der Waals surface area contributed by atoms with Crippen LogP contribution in [0.15, 0.2) is 109 Å². The van der Waals surface area contributed by atoms with E-state index in [1.807, 2.05) is 0 Å². The average Bonchev–Trinajstić information content (AvgIpc) is 3.29. The topological polar surface area (TPSA) is 34.0 Å². The maximum atomic E-state index is 10.5. The Morgan fingerprint density at radius 3 is 1.90 bits per heavy atom. The van der Waals surface area contributed by atoms with Crippen molar-refractivity contribution >= 4 is 39.5 Å². The molecule has 40 heavy (non-hydrogen) atoms. The van der Waals surface area contributed by atoms with Crippen LogP contribution in [0.5, 0.6) is 0 Å². The van der Waals surface area contributed by atoms with Crippen LogP contribution in [0.25, 0.3) is 38.6 Å². The number of aryl methyl sites for hydroxylation is 3. The predicted molar refractivity (Wildman–Crippen MR) is 169 cm³/mol. The van der Waals surface area contributed by atoms with Crippen molar-refractivity contribution in [3.63, 3.8) is 0 Å². The first-order valence-corrected chi connectivity index (χ1v) is 14.1. The minimum atomic E-state index is 0.652. The van der Waals surface area contributed by atoms with Crippen molar-refractivity contribution in [2.75, 3.05) is 5.32 Å². The Morgan fingerprint density at radius 2 is 1.27 bits per heavy atom. The largest absolute Gasteiger partial charge is 0.356 e. The van der Waals surface area contributed by atoms with Crippen molar-refractivity contribution < 1.29 is 4.79 Å². The number of hydrogen-bond acceptors (Lipinski definition) is 2. The molecule has 0 bridgehead atoms. The summed E-state index contributed by atoms with van der Waals surface area (Å²) in [6, 6.07) is 39.5. The lowest BCUT2D eigenvalue weighted by atomic mass is 10.0. The van der Waals surface area contributed by atoms with Gasteiger partial charge in [-0.3, -0.25) is 0 Å². The molecule has 5 aromatic carbocycles. The molecule has 0 fully saturated rings. The SMILES string of the molecule is Cc1ccc2c(c1)c1cc(C)ccc1n2-c1cccc(-c2ccc(Nc3ccc(CCCCC=O)cc3)cc2)c1. The maximum absolute atomic E-state index is 10.5. The van der Waals surface area contributed by atoms with E-state index in [-0.39, 0.29) is 0 Å². The third kappa shape index (κ3) is 5.28. The van der Waals surface area contributed by atoms with Crippen LogP contribution in [0, 0.1) is 13.8 Å². The third-order valence-corrected chi connectivity index (χ3v) is 7.68. The molecular formula is C37H34N2O. The lowest BCUT2D eigenvalue weighted by Crippen LogP contribution is -1.94. The highest BCUT2D eigenvalue weighted by Crippen LogP contribution is 2.34. The van der Waals surface area contributed by atoms with Gasteiger partial charge in [0.2, 0.25) is 0 Å². The molecule has 6 aromatic rings. The standard InChI is InChI=1S/C37H34N2O/c1-26-10-20-36-34(23-26)35-24-27(2)11-21-37(35)39(36)33-9-6-8-30(25-33)29-14-18-32(19-15-29)38-31-16-12-28(13-17-31)7-4-3-5-22-40/h6,8-25,38H,3-5,7H2,1-2H3. The molecule has 0 atom stereocenters. The minimum absolute atomic E-state index is 0.652. The lowest BCUT2D eigenvalue weighted by Gasteiger charge is -2.12. The van der Waals surface area contributed by atoms with Crippen LogP contribution in [0.1, 0.15) is 36.0 Å². The smallest absolute Gasteiger partial charge is 0.119 e. The highest BCUT2D eigenvalue weighted by atomic mass is 16.1. The van der Waals surface area contributed by atoms with E-state index in [1.165, 1.54) is 55.3 Å². The van der Waals surface area contributed by atoms with Crippen LogP contribution < -0.4 is 5.32 Å². The third-order valence-electron chi connectivity index (χ3n) is 7.68. The number of benzene rings is 5. The molecule has 6 rings (SSSR count). The maximum Gasteiger partial charge on any atom is 0.119 e. The van der Waals surface area contributed by atoms with Crippen LogP contribution >= 0.6 is 0 Å². The minimum Gasteiger partial charge on any atom is -0.356 e. The highest BCUT2D eigenvalue weighted by molar-refractivity contribution is 6.09. The van der Waals surface area contributed by atoms with Crippen molar-refractivity contribution in [1.29, 1.82) is 0 Å². The number of unbranched alkanes of at least 4 members (excludes halogenated alkanes) is 2. The number of rotatable bonds is 9. The highest BCUT2D eigenvalue weighted by Gasteiger charge is 2.13. The molecule has 0 unspecified atom stereocenters. The zero-order chi connectivity index (χ0) is 27.5. The Bertz CT molecular complexity index is 1730. The summed E-state index contributed by atoms with van der Waals surface area (Å²) >= 11 is 0. The molecule has 0 amide bonds. The Hall–Kier alpha value is -4.63. The molecular weight excluding hydrogens is 488 g/mol. The second kappa shape index (κ2) is 11.2. The number of anilines is 2. The molecule has 0 saturated heterocycles. The van der Waals surface area contributed by atoms with E-state index in [2.05, 4.69) is 133 Å². The molecule has 1 aromatic heterocycles. The molecule has 198 valence electrons. The first kappa shape index (κ1) is 25.6. The van der Waals surface area contributed by atoms with Crippen LogP contribution in [0.3, 0.4) is 0 Å². The Morgan fingerprint density at radius 1 is 0.650 bits per heavy atom. The van der Waals surface area contributed by atoms with Crippen LogP contribution in [-0.2, 0) is 11.2 Å². The van der Waals surface area contributed by atoms with Crippen LogP contribution in [-0.4, -0.2) is 10.9 Å². The second-order valence-electron chi connectivity index (χ2n) is 10.7. The molecule has 1 N–H and O–H groups in total. The van der Waals surface area contributed by atoms with Gasteiger partial charge < -0.3 is 14.7 Å². The second-order valence-corrected chi connectivity index (χ2v) is 10.7. The van der Waals surface area contributed by atoms with Crippen LogP contribution in [0.2, 0.25) is 0 Å². The first-order valence-electron chi connectivity index (χ1n) is 14.1. The van der Waals surface area contributed by atoms with Gasteiger partial charge in [0.25, 0.3) is 0 Å². The monoisotopic (exact) mass is 522 g/mol. The summed E-state index contributed by atoms with van der Waals surface area (Å²) in [6.07, 6.45) is 4.67. The van der Waals surface area contributed by atoms with Gasteiger partial charge in [-0.2, -0.15) is 0 Å². The molecule has 3 nitrogen and oxygen atoms in total. The number of carbonyl (C=O) groups excluding carboxylic acids is 1. The molecule has 3 heteroatoms. The number of aldehydes is 1. The van der Waals surface area contributed by atoms with E-state index in [0.717, 1.165) is 36.9 Å². The molecule has 1 heterocycles. The van der Waals surface area contributed by atoms with Gasteiger partial charge >= 0.3 is 0 Å². The fraction of sp³-hybridized carbons (Fsp3) is 0.162. The average molecular weight is 523 g/mol. The van der Waals surface area contributed by atoms with Crippen molar-refractivity contribution in [3.8, 4) is 16.8 Å². The number of hydrogen-bond donors (Lipinski definition) is 1. The predicted octanol–water partition coefficient (Wildman–Crippen LogP) is 9.72. The summed E-state index contributed by atoms with van der Waals surface area (Å²) in [4.78, 5) is 10.5. The van der Waals surface area contributed by atoms with Gasteiger partial charge in [0.1, 0.15) is 6.29 Å². The van der Waals surface area contributed by atoms with E-state index in [9.17, 15) is 4.79 Å². The molecule has 0 saturated carbocycles. The molecule has 0 aliphatic rings. The summed E-state index contributed by atoms with van der Waals surface area (Å²) in [5.74, 6) is 0. The Labute approximate surface area is 236 Å². The van der Waals surface area contributed by atoms with E-state index < -0.39 is 0 Å². The molecule has 0 spiro atoms. The molecule has 0 aliphatic heterocycles. The summed E-state index contributed by atoms with van der Waals surface area (Å²) in [7, 11) is 0. The van der Waals surface area contributed by atoms with Gasteiger partial charge in [0, 0.05) is 34.3 Å². The van der Waals surface area contributed by atoms with Crippen LogP contribution in [0.4, 0.5) is 11.4 Å². The van der Waals surface area contributed by atoms with Gasteiger partial charge in [-0.15, -0.1) is 0 Å². The number of carbonyl (C=O) groups is 1. The lowest BCUT2D eigenvalue weighted by molar-refractivity contribution is -0.107. The summed E-state index contributed by atoms with van der Waals surface area (Å²) in [5, 5.41) is 6.11. The number of fused-ring (bicyclic) bond motifs is 3. The summed E-state index contributed by atoms with van der Waals surface area (Å²) < 4.78 is 2.38. The van der Waals surface area contributed by atoms with Crippen molar-refractivity contribution in [3.05, 3.63) is 126 Å². The van der Waals surface area contributed by atoms with Gasteiger partial charge in [-0.05, 0) is 110 Å². The normalized spacial score (nSPS) is 11.2. The number of nitrogens with one attached hydrogen (secondary N) is 1. The number of aromatic nitrogens is 1. The van der Waals surface area contributed by atoms with Gasteiger partial charge in [0.05, 0.1) is 11.0 Å². The zero-order valence-corrected chi connectivity index (χ0v) is 23.2. The first-order chi connectivity index (χ1) is 19.6. The summed E-state index contributed by atoms with van der Waals surface area (Å²) in [6.45, 7) is 4.32. The zero-order valence-electron chi connectivity index (χ0n) is 23.2. The fourth-order valence-electron chi connectivity index (χ4n) is 5.58. The Balaban J connectivity index is 1.24. The molecule has 0 aliphatic carbocycles. The van der Waals surface area contributed by atoms with Crippen molar-refractivity contribution in [1.82, 2.24) is 4.57 Å². The van der Waals surface area contributed by atoms with Gasteiger partial charge in [0.15, 0.2) is 0 Å². The van der Waals surface area contributed by atoms with Crippen molar-refractivity contribution in [2.45, 2.75) is 39.5 Å². The van der Waals surface area contributed by atoms with Gasteiger partial charge in [-0.1, -0.05) is 59.7 Å². The summed E-state index contributed by atoms with van der Waals surface area (Å²) in [5.41, 5.74) is 12.0. The quantitative estimate of drug-likeness (QED) is 0.151. The fourth-order valence-corrected chi connectivity index (χ4v) is 5.58.